The molecule has 27 heavy (non-hydrogen) atoms. The first-order chi connectivity index (χ1) is 12.8. The van der Waals surface area contributed by atoms with E-state index in [2.05, 4.69) is 0 Å². The van der Waals surface area contributed by atoms with Crippen LogP contribution < -0.4 is 14.2 Å². The van der Waals surface area contributed by atoms with Crippen LogP contribution in [0.2, 0.25) is 0 Å². The number of Topliss-reactive ketones (excluding diaryl/α,β-unsaturated/α-hetero) is 1. The number of hydrogen-bond acceptors (Lipinski definition) is 4. The van der Waals surface area contributed by atoms with E-state index < -0.39 is 0 Å². The molecule has 0 aliphatic carbocycles. The molecule has 0 fully saturated rings. The molecule has 0 spiro atoms. The predicted molar refractivity (Wildman–Crippen MR) is 107 cm³/mol. The first kappa shape index (κ1) is 19.0. The van der Waals surface area contributed by atoms with Crippen molar-refractivity contribution in [2.75, 3.05) is 14.2 Å². The van der Waals surface area contributed by atoms with E-state index in [1.807, 2.05) is 64.1 Å². The average molecular weight is 366 g/mol. The Morgan fingerprint density at radius 3 is 2.52 bits per heavy atom. The maximum Gasteiger partial charge on any atom is 0.173 e. The number of benzene rings is 2. The summed E-state index contributed by atoms with van der Waals surface area (Å²) in [5, 5.41) is 0. The molecule has 0 aromatic heterocycles. The molecule has 2 aromatic carbocycles. The van der Waals surface area contributed by atoms with Gasteiger partial charge in [0.1, 0.15) is 22.8 Å². The molecule has 1 aliphatic heterocycles. The lowest BCUT2D eigenvalue weighted by Gasteiger charge is -2.29. The lowest BCUT2D eigenvalue weighted by atomic mass is 9.89. The second kappa shape index (κ2) is 7.10. The largest absolute Gasteiger partial charge is 0.496 e. The molecule has 0 radical (unpaired) electrons. The summed E-state index contributed by atoms with van der Waals surface area (Å²) in [6.07, 6.45) is 3.94. The highest BCUT2D eigenvalue weighted by atomic mass is 16.5. The monoisotopic (exact) mass is 366 g/mol. The maximum atomic E-state index is 13.2. The zero-order valence-electron chi connectivity index (χ0n) is 16.8. The summed E-state index contributed by atoms with van der Waals surface area (Å²) in [7, 11) is 3.22. The summed E-state index contributed by atoms with van der Waals surface area (Å²) in [6, 6.07) is 9.50. The zero-order valence-corrected chi connectivity index (χ0v) is 16.8. The number of carbonyl (C=O) groups excluding carboxylic acids is 1. The smallest absolute Gasteiger partial charge is 0.173 e. The molecular formula is C23H26O4. The third-order valence-electron chi connectivity index (χ3n) is 4.98. The molecule has 2 aromatic rings. The quantitative estimate of drug-likeness (QED) is 0.684. The Morgan fingerprint density at radius 2 is 1.85 bits per heavy atom. The van der Waals surface area contributed by atoms with Crippen molar-refractivity contribution in [3.05, 3.63) is 58.7 Å². The normalized spacial score (nSPS) is 15.5. The Bertz CT molecular complexity index is 909. The van der Waals surface area contributed by atoms with Crippen LogP contribution in [0, 0.1) is 6.92 Å². The minimum atomic E-state index is -0.380. The molecule has 1 aliphatic rings. The SMILES string of the molecule is COc1cc([C@H](C)C(=O)c2ccc3c(c2OC)C=CC(C)(C)O3)ccc1C. The first-order valence-electron chi connectivity index (χ1n) is 9.05. The topological polar surface area (TPSA) is 44.8 Å². The number of carbonyl (C=O) groups is 1. The summed E-state index contributed by atoms with van der Waals surface area (Å²) in [4.78, 5) is 13.2. The van der Waals surface area contributed by atoms with Gasteiger partial charge in [0.25, 0.3) is 0 Å². The fourth-order valence-corrected chi connectivity index (χ4v) is 3.33. The van der Waals surface area contributed by atoms with Gasteiger partial charge in [-0.25, -0.2) is 0 Å². The van der Waals surface area contributed by atoms with Crippen molar-refractivity contribution in [1.29, 1.82) is 0 Å². The van der Waals surface area contributed by atoms with Crippen LogP contribution in [-0.4, -0.2) is 25.6 Å². The highest BCUT2D eigenvalue weighted by Crippen LogP contribution is 2.40. The Hall–Kier alpha value is -2.75. The summed E-state index contributed by atoms with van der Waals surface area (Å²) in [5.74, 6) is 1.73. The second-order valence-electron chi connectivity index (χ2n) is 7.41. The van der Waals surface area contributed by atoms with Gasteiger partial charge in [-0.2, -0.15) is 0 Å². The van der Waals surface area contributed by atoms with E-state index in [1.165, 1.54) is 0 Å². The number of rotatable bonds is 5. The van der Waals surface area contributed by atoms with Crippen molar-refractivity contribution in [1.82, 2.24) is 0 Å². The molecule has 0 saturated carbocycles. The van der Waals surface area contributed by atoms with Gasteiger partial charge in [0.15, 0.2) is 5.78 Å². The second-order valence-corrected chi connectivity index (χ2v) is 7.41. The number of fused-ring (bicyclic) bond motifs is 1. The van der Waals surface area contributed by atoms with Crippen LogP contribution in [0.15, 0.2) is 36.4 Å². The third kappa shape index (κ3) is 3.57. The summed E-state index contributed by atoms with van der Waals surface area (Å²) >= 11 is 0. The molecular weight excluding hydrogens is 340 g/mol. The standard InChI is InChI=1S/C23H26O4/c1-14-7-8-16(13-20(14)25-5)15(2)21(24)18-9-10-19-17(22(18)26-6)11-12-23(3,4)27-19/h7-13,15H,1-6H3/t15-/m0/s1. The molecule has 3 rings (SSSR count). The van der Waals surface area contributed by atoms with Gasteiger partial charge in [0.05, 0.1) is 25.3 Å². The van der Waals surface area contributed by atoms with Crippen molar-refractivity contribution in [2.24, 2.45) is 0 Å². The molecule has 0 unspecified atom stereocenters. The van der Waals surface area contributed by atoms with Gasteiger partial charge in [-0.1, -0.05) is 19.1 Å². The minimum Gasteiger partial charge on any atom is -0.496 e. The Labute approximate surface area is 160 Å². The fraction of sp³-hybridized carbons (Fsp3) is 0.348. The summed E-state index contributed by atoms with van der Waals surface area (Å²) in [6.45, 7) is 7.87. The lowest BCUT2D eigenvalue weighted by Crippen LogP contribution is -2.27. The number of aryl methyl sites for hydroxylation is 1. The number of methoxy groups -OCH3 is 2. The Kier molecular flexibility index (Phi) is 5.01. The lowest BCUT2D eigenvalue weighted by molar-refractivity contribution is 0.0962. The number of ketones is 1. The summed E-state index contributed by atoms with van der Waals surface area (Å²) in [5.41, 5.74) is 2.93. The number of ether oxygens (including phenoxy) is 3. The van der Waals surface area contributed by atoms with Crippen molar-refractivity contribution in [3.63, 3.8) is 0 Å². The first-order valence-corrected chi connectivity index (χ1v) is 9.05. The summed E-state index contributed by atoms with van der Waals surface area (Å²) < 4.78 is 17.0. The molecule has 4 heteroatoms. The van der Waals surface area contributed by atoms with Crippen LogP contribution in [0.4, 0.5) is 0 Å². The van der Waals surface area contributed by atoms with Gasteiger partial charge >= 0.3 is 0 Å². The average Bonchev–Trinajstić information content (AvgIpc) is 2.65. The minimum absolute atomic E-state index is 0.00112. The van der Waals surface area contributed by atoms with E-state index in [0.717, 1.165) is 28.2 Å². The predicted octanol–water partition coefficient (Wildman–Crippen LogP) is 5.18. The Balaban J connectivity index is 2.00. The van der Waals surface area contributed by atoms with Crippen LogP contribution in [0.25, 0.3) is 6.08 Å². The fourth-order valence-electron chi connectivity index (χ4n) is 3.33. The Morgan fingerprint density at radius 1 is 1.11 bits per heavy atom. The molecule has 0 bridgehead atoms. The van der Waals surface area contributed by atoms with E-state index in [4.69, 9.17) is 14.2 Å². The highest BCUT2D eigenvalue weighted by Gasteiger charge is 2.28. The van der Waals surface area contributed by atoms with Gasteiger partial charge in [0.2, 0.25) is 0 Å². The van der Waals surface area contributed by atoms with Crippen molar-refractivity contribution in [3.8, 4) is 17.2 Å². The van der Waals surface area contributed by atoms with E-state index in [9.17, 15) is 4.79 Å². The van der Waals surface area contributed by atoms with Gasteiger partial charge in [-0.3, -0.25) is 4.79 Å². The van der Waals surface area contributed by atoms with Crippen LogP contribution in [0.3, 0.4) is 0 Å². The number of hydrogen-bond donors (Lipinski definition) is 0. The van der Waals surface area contributed by atoms with E-state index in [-0.39, 0.29) is 17.3 Å². The highest BCUT2D eigenvalue weighted by molar-refractivity contribution is 6.04. The molecule has 142 valence electrons. The van der Waals surface area contributed by atoms with Gasteiger partial charge in [-0.15, -0.1) is 0 Å². The molecule has 0 N–H and O–H groups in total. The van der Waals surface area contributed by atoms with Crippen molar-refractivity contribution in [2.45, 2.75) is 39.2 Å². The van der Waals surface area contributed by atoms with E-state index in [1.54, 1.807) is 20.3 Å². The van der Waals surface area contributed by atoms with Crippen LogP contribution in [0.5, 0.6) is 17.2 Å². The molecule has 0 saturated heterocycles. The third-order valence-corrected chi connectivity index (χ3v) is 4.98. The van der Waals surface area contributed by atoms with Gasteiger partial charge < -0.3 is 14.2 Å². The van der Waals surface area contributed by atoms with Crippen LogP contribution in [0.1, 0.15) is 53.7 Å². The van der Waals surface area contributed by atoms with Crippen molar-refractivity contribution >= 4 is 11.9 Å². The van der Waals surface area contributed by atoms with Crippen LogP contribution in [-0.2, 0) is 0 Å². The molecule has 1 heterocycles. The van der Waals surface area contributed by atoms with E-state index >= 15 is 0 Å². The zero-order chi connectivity index (χ0) is 19.8. The van der Waals surface area contributed by atoms with Crippen molar-refractivity contribution < 1.29 is 19.0 Å². The van der Waals surface area contributed by atoms with Gasteiger partial charge in [-0.05, 0) is 62.2 Å². The molecule has 0 amide bonds. The molecule has 4 nitrogen and oxygen atoms in total. The maximum absolute atomic E-state index is 13.2. The van der Waals surface area contributed by atoms with Crippen LogP contribution >= 0.6 is 0 Å². The van der Waals surface area contributed by atoms with Gasteiger partial charge in [0, 0.05) is 5.92 Å². The van der Waals surface area contributed by atoms with E-state index in [0.29, 0.717) is 11.3 Å². The molecule has 1 atom stereocenters.